The second-order valence-corrected chi connectivity index (χ2v) is 3.77. The molecule has 17 heavy (non-hydrogen) atoms. The number of amides is 1. The second-order valence-electron chi connectivity index (χ2n) is 3.77. The zero-order valence-electron chi connectivity index (χ0n) is 9.36. The first-order valence-corrected chi connectivity index (χ1v) is 5.27. The fourth-order valence-corrected chi connectivity index (χ4v) is 1.99. The van der Waals surface area contributed by atoms with Crippen LogP contribution in [0.3, 0.4) is 0 Å². The highest BCUT2D eigenvalue weighted by Gasteiger charge is 2.27. The maximum absolute atomic E-state index is 11.8. The van der Waals surface area contributed by atoms with Gasteiger partial charge in [0.1, 0.15) is 0 Å². The summed E-state index contributed by atoms with van der Waals surface area (Å²) in [5.74, 6) is -0.259. The number of ether oxygens (including phenoxy) is 1. The Morgan fingerprint density at radius 3 is 2.88 bits per heavy atom. The smallest absolute Gasteiger partial charge is 0.311 e. The Morgan fingerprint density at radius 1 is 1.47 bits per heavy atom. The average molecular weight is 236 g/mol. The van der Waals surface area contributed by atoms with E-state index in [0.717, 1.165) is 12.0 Å². The fraction of sp³-hybridized carbons (Fsp3) is 0.364. The number of rotatable bonds is 2. The molecule has 1 aliphatic heterocycles. The van der Waals surface area contributed by atoms with Gasteiger partial charge in [-0.3, -0.25) is 14.9 Å². The number of nitrogens with zero attached hydrogens (tertiary/aromatic N) is 1. The predicted molar refractivity (Wildman–Crippen MR) is 60.3 cm³/mol. The number of aryl methyl sites for hydroxylation is 1. The van der Waals surface area contributed by atoms with Crippen LogP contribution in [0.4, 0.5) is 5.69 Å². The number of methoxy groups -OCH3 is 1. The molecule has 1 N–H and O–H groups in total. The summed E-state index contributed by atoms with van der Waals surface area (Å²) in [6.07, 6.45) is 1.53. The zero-order valence-corrected chi connectivity index (χ0v) is 9.36. The molecule has 1 heterocycles. The Labute approximate surface area is 97.7 Å². The molecule has 0 bridgehead atoms. The quantitative estimate of drug-likeness (QED) is 0.619. The molecule has 0 saturated carbocycles. The molecule has 0 aromatic heterocycles. The van der Waals surface area contributed by atoms with Gasteiger partial charge < -0.3 is 10.1 Å². The summed E-state index contributed by atoms with van der Waals surface area (Å²) in [5, 5.41) is 13.6. The van der Waals surface area contributed by atoms with E-state index in [2.05, 4.69) is 5.32 Å². The summed E-state index contributed by atoms with van der Waals surface area (Å²) in [6, 6.07) is 3.01. The van der Waals surface area contributed by atoms with Crippen LogP contribution in [-0.4, -0.2) is 24.5 Å². The Kier molecular flexibility index (Phi) is 2.95. The van der Waals surface area contributed by atoms with Crippen molar-refractivity contribution in [3.63, 3.8) is 0 Å². The molecule has 0 unspecified atom stereocenters. The fourth-order valence-electron chi connectivity index (χ4n) is 1.99. The third-order valence-electron chi connectivity index (χ3n) is 2.76. The minimum absolute atomic E-state index is 0.0481. The SMILES string of the molecule is COc1c([N+](=O)[O-])ccc2c1C(=O)NCCC2. The molecule has 0 aliphatic carbocycles. The number of benzene rings is 1. The Hall–Kier alpha value is -2.11. The van der Waals surface area contributed by atoms with E-state index in [1.807, 2.05) is 0 Å². The van der Waals surface area contributed by atoms with E-state index in [1.165, 1.54) is 13.2 Å². The molecule has 0 saturated heterocycles. The van der Waals surface area contributed by atoms with Gasteiger partial charge in [-0.05, 0) is 18.4 Å². The molecule has 1 aliphatic rings. The molecule has 0 spiro atoms. The largest absolute Gasteiger partial charge is 0.490 e. The van der Waals surface area contributed by atoms with Gasteiger partial charge in [-0.15, -0.1) is 0 Å². The monoisotopic (exact) mass is 236 g/mol. The second kappa shape index (κ2) is 4.40. The number of nitro benzene ring substituents is 1. The van der Waals surface area contributed by atoms with Crippen LogP contribution in [0.5, 0.6) is 5.75 Å². The number of fused-ring (bicyclic) bond motifs is 1. The minimum Gasteiger partial charge on any atom is -0.490 e. The van der Waals surface area contributed by atoms with Gasteiger partial charge in [0, 0.05) is 12.6 Å². The van der Waals surface area contributed by atoms with Crippen molar-refractivity contribution in [2.45, 2.75) is 12.8 Å². The summed E-state index contributed by atoms with van der Waals surface area (Å²) < 4.78 is 5.03. The van der Waals surface area contributed by atoms with Crippen molar-refractivity contribution in [1.29, 1.82) is 0 Å². The van der Waals surface area contributed by atoms with Crippen LogP contribution >= 0.6 is 0 Å². The van der Waals surface area contributed by atoms with Gasteiger partial charge in [0.25, 0.3) is 5.91 Å². The molecule has 0 fully saturated rings. The van der Waals surface area contributed by atoms with Crippen LogP contribution < -0.4 is 10.1 Å². The van der Waals surface area contributed by atoms with E-state index < -0.39 is 4.92 Å². The molecule has 2 rings (SSSR count). The minimum atomic E-state index is -0.544. The summed E-state index contributed by atoms with van der Waals surface area (Å²) in [7, 11) is 1.33. The molecular weight excluding hydrogens is 224 g/mol. The molecule has 0 radical (unpaired) electrons. The van der Waals surface area contributed by atoms with Gasteiger partial charge in [-0.1, -0.05) is 6.07 Å². The van der Waals surface area contributed by atoms with Crippen LogP contribution in [0.2, 0.25) is 0 Å². The third-order valence-corrected chi connectivity index (χ3v) is 2.76. The Morgan fingerprint density at radius 2 is 2.24 bits per heavy atom. The molecule has 1 aromatic rings. The van der Waals surface area contributed by atoms with Crippen molar-refractivity contribution >= 4 is 11.6 Å². The van der Waals surface area contributed by atoms with Crippen LogP contribution in [0.1, 0.15) is 22.3 Å². The highest BCUT2D eigenvalue weighted by Crippen LogP contribution is 2.34. The number of carbonyl (C=O) groups excluding carboxylic acids is 1. The maximum atomic E-state index is 11.8. The molecule has 6 heteroatoms. The summed E-state index contributed by atoms with van der Waals surface area (Å²) in [6.45, 7) is 0.574. The molecule has 1 amide bonds. The number of hydrogen-bond donors (Lipinski definition) is 1. The van der Waals surface area contributed by atoms with Crippen LogP contribution in [0, 0.1) is 10.1 Å². The lowest BCUT2D eigenvalue weighted by atomic mass is 10.0. The number of hydrogen-bond acceptors (Lipinski definition) is 4. The van der Waals surface area contributed by atoms with E-state index in [1.54, 1.807) is 6.07 Å². The van der Waals surface area contributed by atoms with Crippen molar-refractivity contribution in [3.05, 3.63) is 33.4 Å². The summed E-state index contributed by atoms with van der Waals surface area (Å²) >= 11 is 0. The standard InChI is InChI=1S/C11H12N2O4/c1-17-10-8(13(15)16)5-4-7-3-2-6-12-11(14)9(7)10/h4-5H,2-3,6H2,1H3,(H,12,14). The maximum Gasteiger partial charge on any atom is 0.311 e. The first-order valence-electron chi connectivity index (χ1n) is 5.27. The van der Waals surface area contributed by atoms with Crippen molar-refractivity contribution < 1.29 is 14.5 Å². The van der Waals surface area contributed by atoms with Gasteiger partial charge in [0.2, 0.25) is 5.75 Å². The summed E-state index contributed by atoms with van der Waals surface area (Å²) in [4.78, 5) is 22.2. The Balaban J connectivity index is 2.65. The zero-order chi connectivity index (χ0) is 12.4. The van der Waals surface area contributed by atoms with Crippen molar-refractivity contribution in [1.82, 2.24) is 5.32 Å². The lowest BCUT2D eigenvalue weighted by Gasteiger charge is -2.10. The van der Waals surface area contributed by atoms with E-state index in [0.29, 0.717) is 18.5 Å². The van der Waals surface area contributed by atoms with Crippen LogP contribution in [0.15, 0.2) is 12.1 Å². The number of nitrogens with one attached hydrogen (secondary N) is 1. The number of nitro groups is 1. The summed E-state index contributed by atoms with van der Waals surface area (Å²) in [5.41, 5.74) is 0.907. The highest BCUT2D eigenvalue weighted by atomic mass is 16.6. The van der Waals surface area contributed by atoms with Gasteiger partial charge in [-0.25, -0.2) is 0 Å². The lowest BCUT2D eigenvalue weighted by Crippen LogP contribution is -2.23. The van der Waals surface area contributed by atoms with Crippen LogP contribution in [-0.2, 0) is 6.42 Å². The van der Waals surface area contributed by atoms with Gasteiger partial charge in [0.05, 0.1) is 17.6 Å². The van der Waals surface area contributed by atoms with Crippen molar-refractivity contribution in [2.75, 3.05) is 13.7 Å². The van der Waals surface area contributed by atoms with E-state index in [9.17, 15) is 14.9 Å². The number of carbonyl (C=O) groups is 1. The van der Waals surface area contributed by atoms with Crippen molar-refractivity contribution in [3.8, 4) is 5.75 Å². The molecule has 90 valence electrons. The topological polar surface area (TPSA) is 81.5 Å². The lowest BCUT2D eigenvalue weighted by molar-refractivity contribution is -0.385. The third kappa shape index (κ3) is 1.93. The van der Waals surface area contributed by atoms with Gasteiger partial charge >= 0.3 is 5.69 Å². The van der Waals surface area contributed by atoms with Crippen molar-refractivity contribution in [2.24, 2.45) is 0 Å². The van der Waals surface area contributed by atoms with Gasteiger partial charge in [0.15, 0.2) is 0 Å². The average Bonchev–Trinajstić information content (AvgIpc) is 2.50. The van der Waals surface area contributed by atoms with Crippen LogP contribution in [0.25, 0.3) is 0 Å². The first-order chi connectivity index (χ1) is 8.15. The molecule has 0 atom stereocenters. The predicted octanol–water partition coefficient (Wildman–Crippen LogP) is 1.28. The first kappa shape index (κ1) is 11.4. The molecule has 6 nitrogen and oxygen atoms in total. The van der Waals surface area contributed by atoms with E-state index in [-0.39, 0.29) is 17.3 Å². The Bertz CT molecular complexity index is 485. The van der Waals surface area contributed by atoms with E-state index in [4.69, 9.17) is 4.74 Å². The van der Waals surface area contributed by atoms with E-state index >= 15 is 0 Å². The highest BCUT2D eigenvalue weighted by molar-refractivity contribution is 6.00. The van der Waals surface area contributed by atoms with Gasteiger partial charge in [-0.2, -0.15) is 0 Å². The normalized spacial score (nSPS) is 14.5. The molecule has 1 aromatic carbocycles. The molecular formula is C11H12N2O4.